The number of carbonyl (C=O) groups is 2. The van der Waals surface area contributed by atoms with Crippen molar-refractivity contribution in [2.45, 2.75) is 17.2 Å². The van der Waals surface area contributed by atoms with Crippen molar-refractivity contribution < 1.29 is 22.7 Å². The van der Waals surface area contributed by atoms with Crippen molar-refractivity contribution in [3.63, 3.8) is 0 Å². The molecule has 1 saturated heterocycles. The quantitative estimate of drug-likeness (QED) is 0.762. The van der Waals surface area contributed by atoms with Gasteiger partial charge in [0.2, 0.25) is 5.91 Å². The van der Waals surface area contributed by atoms with Gasteiger partial charge in [-0.3, -0.25) is 4.79 Å². The Bertz CT molecular complexity index is 685. The number of hydrogen-bond donors (Lipinski definition) is 1. The smallest absolute Gasteiger partial charge is 0.348 e. The summed E-state index contributed by atoms with van der Waals surface area (Å²) in [6.45, 7) is 1.97. The van der Waals surface area contributed by atoms with Crippen molar-refractivity contribution >= 4 is 49.2 Å². The first-order chi connectivity index (χ1) is 9.78. The first kappa shape index (κ1) is 16.4. The van der Waals surface area contributed by atoms with Gasteiger partial charge in [-0.2, -0.15) is 4.31 Å². The average molecular weight is 397 g/mol. The zero-order chi connectivity index (χ0) is 15.8. The van der Waals surface area contributed by atoms with Crippen molar-refractivity contribution in [1.82, 2.24) is 9.62 Å². The van der Waals surface area contributed by atoms with E-state index in [9.17, 15) is 18.0 Å². The summed E-state index contributed by atoms with van der Waals surface area (Å²) in [5, 5.41) is 2.61. The molecule has 1 aliphatic rings. The Morgan fingerprint density at radius 3 is 2.86 bits per heavy atom. The molecule has 1 amide bonds. The maximum Gasteiger partial charge on any atom is 0.348 e. The Hall–Kier alpha value is -0.970. The van der Waals surface area contributed by atoms with E-state index in [-0.39, 0.29) is 32.6 Å². The normalized spacial score (nSPS) is 20.1. The Morgan fingerprint density at radius 1 is 1.57 bits per heavy atom. The zero-order valence-electron chi connectivity index (χ0n) is 11.3. The lowest BCUT2D eigenvalue weighted by molar-refractivity contribution is -0.126. The van der Waals surface area contributed by atoms with E-state index in [1.54, 1.807) is 0 Å². The molecule has 7 nitrogen and oxygen atoms in total. The zero-order valence-corrected chi connectivity index (χ0v) is 14.5. The van der Waals surface area contributed by atoms with Crippen LogP contribution in [-0.4, -0.2) is 50.8 Å². The van der Waals surface area contributed by atoms with Crippen LogP contribution in [0.4, 0.5) is 0 Å². The van der Waals surface area contributed by atoms with Crippen LogP contribution in [0, 0.1) is 0 Å². The van der Waals surface area contributed by atoms with Crippen LogP contribution in [-0.2, 0) is 19.6 Å². The third-order valence-electron chi connectivity index (χ3n) is 3.03. The molecule has 1 aromatic rings. The number of nitrogens with one attached hydrogen (secondary N) is 1. The summed E-state index contributed by atoms with van der Waals surface area (Å²) >= 11 is 3.96. The number of hydrogen-bond acceptors (Lipinski definition) is 6. The number of thiophene rings is 1. The summed E-state index contributed by atoms with van der Waals surface area (Å²) in [5.41, 5.74) is 0. The summed E-state index contributed by atoms with van der Waals surface area (Å²) < 4.78 is 31.3. The number of methoxy groups -OCH3 is 1. The lowest BCUT2D eigenvalue weighted by atomic mass is 10.2. The van der Waals surface area contributed by atoms with Gasteiger partial charge in [-0.1, -0.05) is 0 Å². The highest BCUT2D eigenvalue weighted by Gasteiger charge is 2.38. The van der Waals surface area contributed by atoms with Gasteiger partial charge in [-0.05, 0) is 28.9 Å². The molecule has 0 unspecified atom stereocenters. The van der Waals surface area contributed by atoms with Crippen LogP contribution >= 0.6 is 27.3 Å². The molecule has 0 saturated carbocycles. The summed E-state index contributed by atoms with van der Waals surface area (Å²) in [6, 6.07) is 0.609. The van der Waals surface area contributed by atoms with Gasteiger partial charge in [0, 0.05) is 17.6 Å². The number of sulfonamides is 1. The molecule has 1 aliphatic heterocycles. The van der Waals surface area contributed by atoms with Crippen LogP contribution in [0.25, 0.3) is 0 Å². The van der Waals surface area contributed by atoms with Gasteiger partial charge < -0.3 is 10.1 Å². The van der Waals surface area contributed by atoms with Gasteiger partial charge in [-0.15, -0.1) is 11.3 Å². The summed E-state index contributed by atoms with van der Waals surface area (Å²) in [4.78, 5) is 23.3. The molecule has 21 heavy (non-hydrogen) atoms. The Morgan fingerprint density at radius 2 is 2.24 bits per heavy atom. The van der Waals surface area contributed by atoms with Crippen molar-refractivity contribution in [2.24, 2.45) is 0 Å². The number of nitrogens with zero attached hydrogens (tertiary/aromatic N) is 1. The lowest BCUT2D eigenvalue weighted by Crippen LogP contribution is -2.55. The van der Waals surface area contributed by atoms with Gasteiger partial charge in [0.25, 0.3) is 10.0 Å². The predicted molar refractivity (Wildman–Crippen MR) is 79.7 cm³/mol. The molecule has 0 bridgehead atoms. The fraction of sp³-hybridized carbons (Fsp3) is 0.455. The number of esters is 1. The van der Waals surface area contributed by atoms with E-state index in [1.807, 2.05) is 0 Å². The van der Waals surface area contributed by atoms with E-state index in [4.69, 9.17) is 0 Å². The number of piperazine rings is 1. The maximum absolute atomic E-state index is 12.7. The van der Waals surface area contributed by atoms with E-state index in [2.05, 4.69) is 26.0 Å². The molecule has 1 atom stereocenters. The lowest BCUT2D eigenvalue weighted by Gasteiger charge is -2.31. The van der Waals surface area contributed by atoms with Crippen LogP contribution in [0.3, 0.4) is 0 Å². The average Bonchev–Trinajstić information content (AvgIpc) is 2.83. The second-order valence-corrected chi connectivity index (χ2v) is 8.31. The highest BCUT2D eigenvalue weighted by molar-refractivity contribution is 9.10. The van der Waals surface area contributed by atoms with E-state index in [0.717, 1.165) is 15.6 Å². The molecule has 1 fully saturated rings. The standard InChI is InChI=1S/C11H13BrN2O5S2/c1-6-9(15)13-3-4-14(6)21(17,18)11-7(12)5-8(20-11)10(16)19-2/h5-6H,3-4H2,1-2H3,(H,13,15)/t6-/m0/s1. The number of carbonyl (C=O) groups excluding carboxylic acids is 2. The van der Waals surface area contributed by atoms with Crippen LogP contribution in [0.1, 0.15) is 16.6 Å². The second kappa shape index (κ2) is 6.03. The molecular weight excluding hydrogens is 384 g/mol. The van der Waals surface area contributed by atoms with E-state index in [0.29, 0.717) is 0 Å². The number of halogens is 1. The fourth-order valence-corrected chi connectivity index (χ4v) is 6.20. The fourth-order valence-electron chi connectivity index (χ4n) is 1.93. The minimum atomic E-state index is -3.86. The Balaban J connectivity index is 2.42. The van der Waals surface area contributed by atoms with Crippen molar-refractivity contribution in [2.75, 3.05) is 20.2 Å². The van der Waals surface area contributed by atoms with Crippen molar-refractivity contribution in [3.05, 3.63) is 15.4 Å². The first-order valence-electron chi connectivity index (χ1n) is 5.96. The van der Waals surface area contributed by atoms with Crippen LogP contribution in [0.5, 0.6) is 0 Å². The van der Waals surface area contributed by atoms with E-state index >= 15 is 0 Å². The predicted octanol–water partition coefficient (Wildman–Crippen LogP) is 0.806. The molecule has 10 heteroatoms. The van der Waals surface area contributed by atoms with Gasteiger partial charge in [-0.25, -0.2) is 13.2 Å². The molecular formula is C11H13BrN2O5S2. The molecule has 1 aromatic heterocycles. The molecule has 2 rings (SSSR count). The van der Waals surface area contributed by atoms with Crippen molar-refractivity contribution in [3.8, 4) is 0 Å². The van der Waals surface area contributed by atoms with E-state index < -0.39 is 22.0 Å². The molecule has 1 N–H and O–H groups in total. The summed E-state index contributed by atoms with van der Waals surface area (Å²) in [6.07, 6.45) is 0. The number of rotatable bonds is 3. The Kier molecular flexibility index (Phi) is 4.71. The molecule has 0 aromatic carbocycles. The van der Waals surface area contributed by atoms with Crippen LogP contribution in [0.15, 0.2) is 14.7 Å². The summed E-state index contributed by atoms with van der Waals surface area (Å²) in [5.74, 6) is -0.947. The molecule has 0 aliphatic carbocycles. The third kappa shape index (κ3) is 2.98. The second-order valence-electron chi connectivity index (χ2n) is 4.32. The van der Waals surface area contributed by atoms with Gasteiger partial charge in [0.15, 0.2) is 0 Å². The number of amides is 1. The van der Waals surface area contributed by atoms with Crippen LogP contribution < -0.4 is 5.32 Å². The minimum absolute atomic E-state index is 0.00977. The molecule has 2 heterocycles. The van der Waals surface area contributed by atoms with E-state index in [1.165, 1.54) is 20.1 Å². The molecule has 0 radical (unpaired) electrons. The van der Waals surface area contributed by atoms with Gasteiger partial charge in [0.05, 0.1) is 7.11 Å². The minimum Gasteiger partial charge on any atom is -0.465 e. The molecule has 0 spiro atoms. The van der Waals surface area contributed by atoms with Crippen LogP contribution in [0.2, 0.25) is 0 Å². The summed E-state index contributed by atoms with van der Waals surface area (Å²) in [7, 11) is -2.64. The van der Waals surface area contributed by atoms with Crippen molar-refractivity contribution in [1.29, 1.82) is 0 Å². The third-order valence-corrected chi connectivity index (χ3v) is 7.77. The maximum atomic E-state index is 12.7. The highest BCUT2D eigenvalue weighted by Crippen LogP contribution is 2.35. The molecule has 116 valence electrons. The largest absolute Gasteiger partial charge is 0.465 e. The monoisotopic (exact) mass is 396 g/mol. The number of ether oxygens (including phenoxy) is 1. The highest BCUT2D eigenvalue weighted by atomic mass is 79.9. The van der Waals surface area contributed by atoms with Gasteiger partial charge >= 0.3 is 5.97 Å². The first-order valence-corrected chi connectivity index (χ1v) is 9.01. The Labute approximate surface area is 134 Å². The topological polar surface area (TPSA) is 92.8 Å². The SMILES string of the molecule is COC(=O)c1cc(Br)c(S(=O)(=O)N2CCNC(=O)[C@@H]2C)s1. The van der Waals surface area contributed by atoms with Gasteiger partial charge in [0.1, 0.15) is 15.1 Å².